The number of hydrogen-bond donors (Lipinski definition) is 0. The molecule has 2 rings (SSSR count). The molecule has 0 aliphatic carbocycles. The van der Waals surface area contributed by atoms with Gasteiger partial charge in [0.05, 0.1) is 5.02 Å². The highest BCUT2D eigenvalue weighted by Gasteiger charge is 2.06. The number of rotatable bonds is 6. The van der Waals surface area contributed by atoms with E-state index in [9.17, 15) is 4.79 Å². The van der Waals surface area contributed by atoms with Crippen LogP contribution >= 0.6 is 27.5 Å². The van der Waals surface area contributed by atoms with Gasteiger partial charge in [-0.3, -0.25) is 4.79 Å². The predicted molar refractivity (Wildman–Crippen MR) is 86.6 cm³/mol. The highest BCUT2D eigenvalue weighted by molar-refractivity contribution is 9.10. The standard InChI is InChI=1S/C16H14BrClO3/c1-11(19)12-2-7-16(15(18)10-12)21-9-8-20-14-5-3-13(17)4-6-14/h2-7,10H,8-9H2,1H3. The van der Waals surface area contributed by atoms with Gasteiger partial charge in [0.25, 0.3) is 0 Å². The van der Waals surface area contributed by atoms with Crippen LogP contribution in [0.4, 0.5) is 0 Å². The van der Waals surface area contributed by atoms with Gasteiger partial charge >= 0.3 is 0 Å². The lowest BCUT2D eigenvalue weighted by Crippen LogP contribution is -2.09. The third-order valence-corrected chi connectivity index (χ3v) is 3.59. The maximum Gasteiger partial charge on any atom is 0.159 e. The van der Waals surface area contributed by atoms with Gasteiger partial charge in [0.1, 0.15) is 24.7 Å². The van der Waals surface area contributed by atoms with Crippen molar-refractivity contribution in [1.82, 2.24) is 0 Å². The Bertz CT molecular complexity index is 626. The first-order chi connectivity index (χ1) is 10.1. The maximum absolute atomic E-state index is 11.2. The molecule has 0 spiro atoms. The molecule has 0 atom stereocenters. The van der Waals surface area contributed by atoms with Gasteiger partial charge in [-0.05, 0) is 49.4 Å². The third-order valence-electron chi connectivity index (χ3n) is 2.76. The van der Waals surface area contributed by atoms with E-state index in [1.165, 1.54) is 6.92 Å². The number of hydrogen-bond acceptors (Lipinski definition) is 3. The number of benzene rings is 2. The van der Waals surface area contributed by atoms with Gasteiger partial charge in [0.15, 0.2) is 5.78 Å². The molecule has 110 valence electrons. The smallest absolute Gasteiger partial charge is 0.159 e. The summed E-state index contributed by atoms with van der Waals surface area (Å²) >= 11 is 9.43. The molecule has 0 fully saturated rings. The van der Waals surface area contributed by atoms with Crippen LogP contribution in [-0.4, -0.2) is 19.0 Å². The fourth-order valence-electron chi connectivity index (χ4n) is 1.68. The van der Waals surface area contributed by atoms with Crippen LogP contribution in [0.2, 0.25) is 5.02 Å². The maximum atomic E-state index is 11.2. The lowest BCUT2D eigenvalue weighted by Gasteiger charge is -2.10. The van der Waals surface area contributed by atoms with Gasteiger partial charge < -0.3 is 9.47 Å². The summed E-state index contributed by atoms with van der Waals surface area (Å²) in [5.41, 5.74) is 0.568. The number of carbonyl (C=O) groups is 1. The Morgan fingerprint density at radius 1 is 1.10 bits per heavy atom. The molecule has 0 aliphatic rings. The Balaban J connectivity index is 1.83. The van der Waals surface area contributed by atoms with Crippen molar-refractivity contribution in [2.24, 2.45) is 0 Å². The van der Waals surface area contributed by atoms with Crippen molar-refractivity contribution in [3.05, 3.63) is 57.5 Å². The largest absolute Gasteiger partial charge is 0.490 e. The van der Waals surface area contributed by atoms with Crippen LogP contribution in [0.25, 0.3) is 0 Å². The monoisotopic (exact) mass is 368 g/mol. The van der Waals surface area contributed by atoms with Crippen molar-refractivity contribution >= 4 is 33.3 Å². The zero-order chi connectivity index (χ0) is 15.2. The second kappa shape index (κ2) is 7.48. The molecule has 3 nitrogen and oxygen atoms in total. The van der Waals surface area contributed by atoms with E-state index in [0.717, 1.165) is 10.2 Å². The minimum Gasteiger partial charge on any atom is -0.490 e. The molecule has 0 radical (unpaired) electrons. The van der Waals surface area contributed by atoms with Crippen LogP contribution in [0.1, 0.15) is 17.3 Å². The normalized spacial score (nSPS) is 10.2. The molecule has 0 amide bonds. The molecule has 0 N–H and O–H groups in total. The summed E-state index contributed by atoms with van der Waals surface area (Å²) in [6.45, 7) is 2.28. The summed E-state index contributed by atoms with van der Waals surface area (Å²) in [7, 11) is 0. The summed E-state index contributed by atoms with van der Waals surface area (Å²) in [4.78, 5) is 11.2. The molecule has 0 heterocycles. The second-order valence-corrected chi connectivity index (χ2v) is 5.68. The SMILES string of the molecule is CC(=O)c1ccc(OCCOc2ccc(Br)cc2)c(Cl)c1. The number of Topliss-reactive ketones (excluding diaryl/α,β-unsaturated/α-hetero) is 1. The molecule has 0 saturated carbocycles. The molecule has 0 saturated heterocycles. The van der Waals surface area contributed by atoms with Crippen LogP contribution in [0, 0.1) is 0 Å². The van der Waals surface area contributed by atoms with E-state index in [0.29, 0.717) is 29.5 Å². The van der Waals surface area contributed by atoms with E-state index in [4.69, 9.17) is 21.1 Å². The van der Waals surface area contributed by atoms with Crippen LogP contribution in [0.5, 0.6) is 11.5 Å². The predicted octanol–water partition coefficient (Wildman–Crippen LogP) is 4.76. The van der Waals surface area contributed by atoms with Crippen LogP contribution in [-0.2, 0) is 0 Å². The number of carbonyl (C=O) groups excluding carboxylic acids is 1. The van der Waals surface area contributed by atoms with E-state index in [-0.39, 0.29) is 5.78 Å². The van der Waals surface area contributed by atoms with Crippen molar-refractivity contribution in [1.29, 1.82) is 0 Å². The van der Waals surface area contributed by atoms with E-state index in [1.807, 2.05) is 24.3 Å². The molecule has 2 aromatic carbocycles. The minimum atomic E-state index is -0.0259. The molecule has 21 heavy (non-hydrogen) atoms. The van der Waals surface area contributed by atoms with E-state index in [2.05, 4.69) is 15.9 Å². The molecular weight excluding hydrogens is 356 g/mol. The Morgan fingerprint density at radius 3 is 2.38 bits per heavy atom. The molecule has 5 heteroatoms. The quantitative estimate of drug-likeness (QED) is 0.544. The van der Waals surface area contributed by atoms with E-state index < -0.39 is 0 Å². The fourth-order valence-corrected chi connectivity index (χ4v) is 2.18. The average molecular weight is 370 g/mol. The van der Waals surface area contributed by atoms with Crippen LogP contribution in [0.15, 0.2) is 46.9 Å². The van der Waals surface area contributed by atoms with Gasteiger partial charge in [-0.15, -0.1) is 0 Å². The lowest BCUT2D eigenvalue weighted by atomic mass is 10.1. The van der Waals surface area contributed by atoms with Crippen LogP contribution in [0.3, 0.4) is 0 Å². The first-order valence-electron chi connectivity index (χ1n) is 6.38. The molecule has 0 aromatic heterocycles. The van der Waals surface area contributed by atoms with E-state index in [1.54, 1.807) is 18.2 Å². The van der Waals surface area contributed by atoms with Gasteiger partial charge in [-0.25, -0.2) is 0 Å². The number of halogens is 2. The molecule has 2 aromatic rings. The van der Waals surface area contributed by atoms with E-state index >= 15 is 0 Å². The van der Waals surface area contributed by atoms with Gasteiger partial charge in [-0.1, -0.05) is 27.5 Å². The Hall–Kier alpha value is -1.52. The number of ketones is 1. The first kappa shape index (κ1) is 15.9. The van der Waals surface area contributed by atoms with Gasteiger partial charge in [0, 0.05) is 10.0 Å². The van der Waals surface area contributed by atoms with Crippen molar-refractivity contribution in [2.45, 2.75) is 6.92 Å². The van der Waals surface area contributed by atoms with Crippen LogP contribution < -0.4 is 9.47 Å². The number of ether oxygens (including phenoxy) is 2. The average Bonchev–Trinajstić information content (AvgIpc) is 2.46. The van der Waals surface area contributed by atoms with Gasteiger partial charge in [-0.2, -0.15) is 0 Å². The highest BCUT2D eigenvalue weighted by Crippen LogP contribution is 2.25. The topological polar surface area (TPSA) is 35.5 Å². The zero-order valence-electron chi connectivity index (χ0n) is 11.4. The van der Waals surface area contributed by atoms with Crippen molar-refractivity contribution < 1.29 is 14.3 Å². The fraction of sp³-hybridized carbons (Fsp3) is 0.188. The highest BCUT2D eigenvalue weighted by atomic mass is 79.9. The van der Waals surface area contributed by atoms with Gasteiger partial charge in [0.2, 0.25) is 0 Å². The minimum absolute atomic E-state index is 0.0259. The van der Waals surface area contributed by atoms with Crippen molar-refractivity contribution in [3.63, 3.8) is 0 Å². The Morgan fingerprint density at radius 2 is 1.76 bits per heavy atom. The summed E-state index contributed by atoms with van der Waals surface area (Å²) in [5.74, 6) is 1.29. The first-order valence-corrected chi connectivity index (χ1v) is 7.55. The summed E-state index contributed by atoms with van der Waals surface area (Å²) in [5, 5.41) is 0.423. The Kier molecular flexibility index (Phi) is 5.65. The zero-order valence-corrected chi connectivity index (χ0v) is 13.8. The summed E-state index contributed by atoms with van der Waals surface area (Å²) in [6.07, 6.45) is 0. The molecular formula is C16H14BrClO3. The lowest BCUT2D eigenvalue weighted by molar-refractivity contribution is 0.101. The Labute approximate surface area is 137 Å². The second-order valence-electron chi connectivity index (χ2n) is 4.35. The molecule has 0 bridgehead atoms. The van der Waals surface area contributed by atoms with Crippen molar-refractivity contribution in [2.75, 3.05) is 13.2 Å². The summed E-state index contributed by atoms with van der Waals surface area (Å²) in [6, 6.07) is 12.6. The molecule has 0 unspecified atom stereocenters. The van der Waals surface area contributed by atoms with Crippen molar-refractivity contribution in [3.8, 4) is 11.5 Å². The molecule has 0 aliphatic heterocycles. The summed E-state index contributed by atoms with van der Waals surface area (Å²) < 4.78 is 12.1. The third kappa shape index (κ3) is 4.76.